The number of ether oxygens (including phenoxy) is 2. The van der Waals surface area contributed by atoms with Gasteiger partial charge in [-0.25, -0.2) is 13.2 Å². The second-order valence-corrected chi connectivity index (χ2v) is 8.80. The summed E-state index contributed by atoms with van der Waals surface area (Å²) >= 11 is 0. The molecule has 0 unspecified atom stereocenters. The van der Waals surface area contributed by atoms with Crippen molar-refractivity contribution in [3.05, 3.63) is 83.4 Å². The van der Waals surface area contributed by atoms with E-state index in [1.54, 1.807) is 73.8 Å². The number of aryl methyl sites for hydroxylation is 2. The topological polar surface area (TPSA) is 72.9 Å². The minimum absolute atomic E-state index is 0.225. The minimum Gasteiger partial charge on any atom is -0.497 e. The van der Waals surface area contributed by atoms with Crippen LogP contribution in [0.4, 0.5) is 5.69 Å². The van der Waals surface area contributed by atoms with Gasteiger partial charge in [0.05, 0.1) is 23.3 Å². The molecule has 0 aromatic heterocycles. The van der Waals surface area contributed by atoms with E-state index >= 15 is 0 Å². The Balaban J connectivity index is 1.75. The molecule has 0 N–H and O–H groups in total. The summed E-state index contributed by atoms with van der Waals surface area (Å²) in [4.78, 5) is 12.5. The highest BCUT2D eigenvalue weighted by Gasteiger charge is 2.22. The summed E-state index contributed by atoms with van der Waals surface area (Å²) < 4.78 is 37.5. The van der Waals surface area contributed by atoms with Crippen LogP contribution in [0.15, 0.2) is 71.6 Å². The summed E-state index contributed by atoms with van der Waals surface area (Å²) in [6, 6.07) is 17.9. The fourth-order valence-electron chi connectivity index (χ4n) is 2.79. The third-order valence-corrected chi connectivity index (χ3v) is 6.65. The maximum atomic E-state index is 12.9. The number of rotatable bonds is 6. The smallest absolute Gasteiger partial charge is 0.343 e. The van der Waals surface area contributed by atoms with E-state index in [0.717, 1.165) is 11.1 Å². The number of hydrogen-bond acceptors (Lipinski definition) is 5. The molecule has 0 saturated heterocycles. The highest BCUT2D eigenvalue weighted by atomic mass is 32.2. The molecule has 0 aliphatic rings. The molecule has 6 nitrogen and oxygen atoms in total. The fourth-order valence-corrected chi connectivity index (χ4v) is 4.07. The number of carbonyl (C=O) groups is 1. The van der Waals surface area contributed by atoms with E-state index in [2.05, 4.69) is 0 Å². The lowest BCUT2D eigenvalue weighted by Crippen LogP contribution is -2.26. The molecule has 7 heteroatoms. The molecule has 0 aliphatic carbocycles. The van der Waals surface area contributed by atoms with Crippen molar-refractivity contribution in [2.75, 3.05) is 18.5 Å². The Labute approximate surface area is 176 Å². The molecule has 0 aliphatic heterocycles. The van der Waals surface area contributed by atoms with E-state index in [4.69, 9.17) is 9.47 Å². The van der Waals surface area contributed by atoms with Gasteiger partial charge in [-0.05, 0) is 85.6 Å². The number of hydrogen-bond donors (Lipinski definition) is 0. The van der Waals surface area contributed by atoms with Crippen LogP contribution in [-0.2, 0) is 10.0 Å². The molecule has 0 radical (unpaired) electrons. The zero-order valence-electron chi connectivity index (χ0n) is 17.2. The van der Waals surface area contributed by atoms with Gasteiger partial charge in [0.1, 0.15) is 11.5 Å². The van der Waals surface area contributed by atoms with E-state index in [0.29, 0.717) is 22.7 Å². The normalized spacial score (nSPS) is 11.1. The van der Waals surface area contributed by atoms with Crippen LogP contribution in [0.1, 0.15) is 21.5 Å². The quantitative estimate of drug-likeness (QED) is 0.433. The largest absolute Gasteiger partial charge is 0.497 e. The molecular weight excluding hydrogens is 402 g/mol. The van der Waals surface area contributed by atoms with Gasteiger partial charge in [0, 0.05) is 7.05 Å². The van der Waals surface area contributed by atoms with Crippen LogP contribution < -0.4 is 13.8 Å². The number of esters is 1. The third kappa shape index (κ3) is 4.46. The summed E-state index contributed by atoms with van der Waals surface area (Å²) in [7, 11) is -0.666. The number of benzene rings is 3. The Morgan fingerprint density at radius 2 is 1.43 bits per heavy atom. The fraction of sp³-hybridized carbons (Fsp3) is 0.174. The molecule has 3 aromatic carbocycles. The zero-order valence-corrected chi connectivity index (χ0v) is 18.1. The molecule has 156 valence electrons. The Morgan fingerprint density at radius 3 is 2.00 bits per heavy atom. The van der Waals surface area contributed by atoms with Gasteiger partial charge < -0.3 is 9.47 Å². The number of sulfonamides is 1. The van der Waals surface area contributed by atoms with Crippen molar-refractivity contribution in [3.63, 3.8) is 0 Å². The van der Waals surface area contributed by atoms with Gasteiger partial charge in [-0.3, -0.25) is 4.31 Å². The van der Waals surface area contributed by atoms with E-state index < -0.39 is 16.0 Å². The van der Waals surface area contributed by atoms with E-state index in [1.807, 2.05) is 13.8 Å². The molecular formula is C23H23NO5S. The van der Waals surface area contributed by atoms with Crippen molar-refractivity contribution in [1.82, 2.24) is 0 Å². The summed E-state index contributed by atoms with van der Waals surface area (Å²) in [6.07, 6.45) is 0. The van der Waals surface area contributed by atoms with Gasteiger partial charge in [0.25, 0.3) is 10.0 Å². The van der Waals surface area contributed by atoms with Crippen molar-refractivity contribution in [1.29, 1.82) is 0 Å². The molecule has 3 aromatic rings. The van der Waals surface area contributed by atoms with Crippen LogP contribution >= 0.6 is 0 Å². The molecule has 0 heterocycles. The highest BCUT2D eigenvalue weighted by Crippen LogP contribution is 2.26. The van der Waals surface area contributed by atoms with Gasteiger partial charge in [0.2, 0.25) is 0 Å². The van der Waals surface area contributed by atoms with Crippen LogP contribution in [0.2, 0.25) is 0 Å². The third-order valence-electron chi connectivity index (χ3n) is 4.87. The first-order chi connectivity index (χ1) is 14.2. The molecule has 0 bridgehead atoms. The van der Waals surface area contributed by atoms with Gasteiger partial charge >= 0.3 is 5.97 Å². The first kappa shape index (κ1) is 21.4. The SMILES string of the molecule is COc1ccc(C(=O)Oc2ccc(N(C)S(=O)(=O)c3ccc(C)c(C)c3)cc2)cc1. The molecule has 0 atom stereocenters. The molecule has 0 fully saturated rings. The predicted octanol–water partition coefficient (Wildman–Crippen LogP) is 4.36. The Hall–Kier alpha value is -3.32. The van der Waals surface area contributed by atoms with Crippen LogP contribution in [0.5, 0.6) is 11.5 Å². The van der Waals surface area contributed by atoms with Crippen LogP contribution in [-0.4, -0.2) is 28.5 Å². The second-order valence-electron chi connectivity index (χ2n) is 6.83. The number of nitrogens with zero attached hydrogens (tertiary/aromatic N) is 1. The number of carbonyl (C=O) groups excluding carboxylic acids is 1. The van der Waals surface area contributed by atoms with E-state index in [-0.39, 0.29) is 4.90 Å². The van der Waals surface area contributed by atoms with Gasteiger partial charge in [-0.1, -0.05) is 6.07 Å². The minimum atomic E-state index is -3.70. The molecule has 0 amide bonds. The standard InChI is InChI=1S/C23H23NO5S/c1-16-5-14-22(15-17(16)2)30(26,27)24(3)19-8-12-21(13-9-19)29-23(25)18-6-10-20(28-4)11-7-18/h5-15H,1-4H3. The summed E-state index contributed by atoms with van der Waals surface area (Å²) in [5.41, 5.74) is 2.77. The molecule has 3 rings (SSSR count). The lowest BCUT2D eigenvalue weighted by Gasteiger charge is -2.20. The van der Waals surface area contributed by atoms with Crippen molar-refractivity contribution >= 4 is 21.7 Å². The van der Waals surface area contributed by atoms with Crippen LogP contribution in [0.3, 0.4) is 0 Å². The maximum Gasteiger partial charge on any atom is 0.343 e. The van der Waals surface area contributed by atoms with Crippen molar-refractivity contribution in [3.8, 4) is 11.5 Å². The monoisotopic (exact) mass is 425 g/mol. The Bertz CT molecular complexity index is 1150. The summed E-state index contributed by atoms with van der Waals surface area (Å²) in [6.45, 7) is 3.81. The molecule has 0 spiro atoms. The molecule has 0 saturated carbocycles. The highest BCUT2D eigenvalue weighted by molar-refractivity contribution is 7.92. The van der Waals surface area contributed by atoms with Gasteiger partial charge in [-0.2, -0.15) is 0 Å². The van der Waals surface area contributed by atoms with E-state index in [9.17, 15) is 13.2 Å². The maximum absolute atomic E-state index is 12.9. The first-order valence-corrected chi connectivity index (χ1v) is 10.7. The van der Waals surface area contributed by atoms with Crippen LogP contribution in [0.25, 0.3) is 0 Å². The van der Waals surface area contributed by atoms with Crippen molar-refractivity contribution in [2.24, 2.45) is 0 Å². The number of anilines is 1. The molecule has 30 heavy (non-hydrogen) atoms. The van der Waals surface area contributed by atoms with Crippen molar-refractivity contribution in [2.45, 2.75) is 18.7 Å². The van der Waals surface area contributed by atoms with Gasteiger partial charge in [0.15, 0.2) is 0 Å². The lowest BCUT2D eigenvalue weighted by molar-refractivity contribution is 0.0734. The van der Waals surface area contributed by atoms with E-state index in [1.165, 1.54) is 11.4 Å². The summed E-state index contributed by atoms with van der Waals surface area (Å²) in [5.74, 6) is 0.446. The van der Waals surface area contributed by atoms with Crippen molar-refractivity contribution < 1.29 is 22.7 Å². The van der Waals surface area contributed by atoms with Gasteiger partial charge in [-0.15, -0.1) is 0 Å². The van der Waals surface area contributed by atoms with Crippen LogP contribution in [0, 0.1) is 13.8 Å². The average molecular weight is 426 g/mol. The first-order valence-electron chi connectivity index (χ1n) is 9.25. The zero-order chi connectivity index (χ0) is 21.9. The average Bonchev–Trinajstić information content (AvgIpc) is 2.75. The second kappa shape index (κ2) is 8.59. The number of methoxy groups -OCH3 is 1. The Kier molecular flexibility index (Phi) is 6.12. The Morgan fingerprint density at radius 1 is 0.833 bits per heavy atom. The lowest BCUT2D eigenvalue weighted by atomic mass is 10.1. The predicted molar refractivity (Wildman–Crippen MR) is 116 cm³/mol. The summed E-state index contributed by atoms with van der Waals surface area (Å²) in [5, 5.41) is 0.